The minimum atomic E-state index is 0.365. The van der Waals surface area contributed by atoms with E-state index in [9.17, 15) is 0 Å². The molecule has 0 radical (unpaired) electrons. The number of rotatable bonds is 4. The second-order valence-electron chi connectivity index (χ2n) is 4.61. The van der Waals surface area contributed by atoms with Gasteiger partial charge in [-0.25, -0.2) is 0 Å². The third-order valence-electron chi connectivity index (χ3n) is 3.26. The van der Waals surface area contributed by atoms with Crippen molar-refractivity contribution < 1.29 is 9.26 Å². The molecule has 0 amide bonds. The predicted octanol–water partition coefficient (Wildman–Crippen LogP) is 2.99. The molecule has 0 saturated carbocycles. The van der Waals surface area contributed by atoms with Gasteiger partial charge in [0.05, 0.1) is 12.7 Å². The Morgan fingerprint density at radius 2 is 2.05 bits per heavy atom. The first-order chi connectivity index (χ1) is 10.7. The van der Waals surface area contributed by atoms with Crippen LogP contribution in [0.1, 0.15) is 5.56 Å². The molecule has 6 heteroatoms. The minimum Gasteiger partial charge on any atom is -0.496 e. The first-order valence-electron chi connectivity index (χ1n) is 6.60. The van der Waals surface area contributed by atoms with Crippen LogP contribution in [0.2, 0.25) is 0 Å². The monoisotopic (exact) mass is 294 g/mol. The van der Waals surface area contributed by atoms with Crippen LogP contribution in [0.5, 0.6) is 5.75 Å². The van der Waals surface area contributed by atoms with Crippen LogP contribution < -0.4 is 10.5 Å². The fourth-order valence-corrected chi connectivity index (χ4v) is 2.11. The molecule has 22 heavy (non-hydrogen) atoms. The normalized spacial score (nSPS) is 10.4. The number of nitrogen functional groups attached to an aromatic ring is 1. The smallest absolute Gasteiger partial charge is 0.258 e. The molecule has 0 spiro atoms. The van der Waals surface area contributed by atoms with Crippen molar-refractivity contribution in [2.75, 3.05) is 12.8 Å². The quantitative estimate of drug-likeness (QED) is 0.569. The van der Waals surface area contributed by atoms with Crippen molar-refractivity contribution in [3.63, 3.8) is 0 Å². The number of nitrogens with two attached hydrogens (primary N) is 1. The molecule has 0 saturated heterocycles. The lowest BCUT2D eigenvalue weighted by molar-refractivity contribution is 0.413. The Morgan fingerprint density at radius 1 is 1.23 bits per heavy atom. The van der Waals surface area contributed by atoms with Crippen LogP contribution in [0, 0.1) is 5.41 Å². The van der Waals surface area contributed by atoms with E-state index >= 15 is 0 Å². The van der Waals surface area contributed by atoms with Crippen LogP contribution in [0.25, 0.3) is 22.8 Å². The van der Waals surface area contributed by atoms with Crippen LogP contribution in [-0.4, -0.2) is 23.5 Å². The number of aromatic nitrogens is 2. The number of methoxy groups -OCH3 is 1. The Balaban J connectivity index is 2.02. The van der Waals surface area contributed by atoms with E-state index in [1.807, 2.05) is 24.3 Å². The first kappa shape index (κ1) is 13.8. The van der Waals surface area contributed by atoms with E-state index in [1.54, 1.807) is 25.3 Å². The predicted molar refractivity (Wildman–Crippen MR) is 84.0 cm³/mol. The summed E-state index contributed by atoms with van der Waals surface area (Å²) in [7, 11) is 1.59. The summed E-state index contributed by atoms with van der Waals surface area (Å²) in [5, 5.41) is 11.3. The summed E-state index contributed by atoms with van der Waals surface area (Å²) in [6.07, 6.45) is 1.19. The summed E-state index contributed by atoms with van der Waals surface area (Å²) in [6, 6.07) is 12.7. The number of nitrogens with zero attached hydrogens (tertiary/aromatic N) is 2. The molecule has 2 aromatic carbocycles. The highest BCUT2D eigenvalue weighted by Gasteiger charge is 2.14. The van der Waals surface area contributed by atoms with Gasteiger partial charge in [0.2, 0.25) is 5.82 Å². The minimum absolute atomic E-state index is 0.365. The zero-order valence-electron chi connectivity index (χ0n) is 11.9. The van der Waals surface area contributed by atoms with Gasteiger partial charge in [0.15, 0.2) is 0 Å². The molecule has 1 heterocycles. The SMILES string of the molecule is COc1ccccc1-c1noc(-c2ccc(N)c(C=N)c2)n1. The van der Waals surface area contributed by atoms with Gasteiger partial charge in [0, 0.05) is 23.0 Å². The van der Waals surface area contributed by atoms with Crippen molar-refractivity contribution in [2.24, 2.45) is 0 Å². The van der Waals surface area contributed by atoms with Crippen molar-refractivity contribution in [3.05, 3.63) is 48.0 Å². The summed E-state index contributed by atoms with van der Waals surface area (Å²) in [5.74, 6) is 1.48. The van der Waals surface area contributed by atoms with E-state index in [1.165, 1.54) is 6.21 Å². The Labute approximate surface area is 127 Å². The number of hydrogen-bond donors (Lipinski definition) is 2. The van der Waals surface area contributed by atoms with Gasteiger partial charge in [-0.15, -0.1) is 0 Å². The second-order valence-corrected chi connectivity index (χ2v) is 4.61. The standard InChI is InChI=1S/C16H14N4O2/c1-21-14-5-3-2-4-12(14)15-19-16(22-20-15)10-6-7-13(18)11(8-10)9-17/h2-9,17H,18H2,1H3. The fourth-order valence-electron chi connectivity index (χ4n) is 2.11. The lowest BCUT2D eigenvalue weighted by Gasteiger charge is -2.03. The molecule has 6 nitrogen and oxygen atoms in total. The molecule has 0 fully saturated rings. The lowest BCUT2D eigenvalue weighted by atomic mass is 10.1. The van der Waals surface area contributed by atoms with Gasteiger partial charge in [0.25, 0.3) is 5.89 Å². The van der Waals surface area contributed by atoms with E-state index in [4.69, 9.17) is 20.4 Å². The van der Waals surface area contributed by atoms with Crippen molar-refractivity contribution >= 4 is 11.9 Å². The van der Waals surface area contributed by atoms with Gasteiger partial charge >= 0.3 is 0 Å². The van der Waals surface area contributed by atoms with Crippen molar-refractivity contribution in [3.8, 4) is 28.6 Å². The molecule has 0 atom stereocenters. The van der Waals surface area contributed by atoms with E-state index in [0.29, 0.717) is 34.3 Å². The Bertz CT molecular complexity index is 827. The Hall–Kier alpha value is -3.15. The molecule has 3 aromatic rings. The highest BCUT2D eigenvalue weighted by Crippen LogP contribution is 2.29. The van der Waals surface area contributed by atoms with Crippen LogP contribution in [0.15, 0.2) is 47.0 Å². The molecule has 0 unspecified atom stereocenters. The molecular formula is C16H14N4O2. The molecule has 1 aromatic heterocycles. The molecule has 0 aliphatic heterocycles. The second kappa shape index (κ2) is 5.69. The van der Waals surface area contributed by atoms with E-state index in [0.717, 1.165) is 5.56 Å². The van der Waals surface area contributed by atoms with Gasteiger partial charge in [0.1, 0.15) is 5.75 Å². The fraction of sp³-hybridized carbons (Fsp3) is 0.0625. The summed E-state index contributed by atoms with van der Waals surface area (Å²) in [5.41, 5.74) is 8.38. The van der Waals surface area contributed by atoms with Crippen LogP contribution >= 0.6 is 0 Å². The maximum atomic E-state index is 7.35. The molecule has 0 bridgehead atoms. The summed E-state index contributed by atoms with van der Waals surface area (Å²) in [6.45, 7) is 0. The maximum Gasteiger partial charge on any atom is 0.258 e. The van der Waals surface area contributed by atoms with Crippen LogP contribution in [-0.2, 0) is 0 Å². The first-order valence-corrected chi connectivity index (χ1v) is 6.60. The average Bonchev–Trinajstić information content (AvgIpc) is 3.05. The van der Waals surface area contributed by atoms with Gasteiger partial charge in [-0.1, -0.05) is 17.3 Å². The number of nitrogens with one attached hydrogen (secondary N) is 1. The highest BCUT2D eigenvalue weighted by molar-refractivity contribution is 5.87. The average molecular weight is 294 g/mol. The number of ether oxygens (including phenoxy) is 1. The molecule has 110 valence electrons. The third-order valence-corrected chi connectivity index (χ3v) is 3.26. The zero-order valence-corrected chi connectivity index (χ0v) is 11.9. The van der Waals surface area contributed by atoms with Gasteiger partial charge in [-0.2, -0.15) is 4.98 Å². The molecule has 3 rings (SSSR count). The largest absolute Gasteiger partial charge is 0.496 e. The Kier molecular flexibility index (Phi) is 3.57. The number of benzene rings is 2. The van der Waals surface area contributed by atoms with E-state index in [2.05, 4.69) is 10.1 Å². The van der Waals surface area contributed by atoms with Crippen LogP contribution in [0.4, 0.5) is 5.69 Å². The van der Waals surface area contributed by atoms with E-state index in [-0.39, 0.29) is 0 Å². The molecular weight excluding hydrogens is 280 g/mol. The van der Waals surface area contributed by atoms with E-state index < -0.39 is 0 Å². The third kappa shape index (κ3) is 2.42. The molecule has 3 N–H and O–H groups in total. The van der Waals surface area contributed by atoms with Gasteiger partial charge in [-0.05, 0) is 30.3 Å². The van der Waals surface area contributed by atoms with Crippen molar-refractivity contribution in [2.45, 2.75) is 0 Å². The number of hydrogen-bond acceptors (Lipinski definition) is 6. The van der Waals surface area contributed by atoms with Gasteiger partial charge in [-0.3, -0.25) is 0 Å². The van der Waals surface area contributed by atoms with Crippen molar-refractivity contribution in [1.29, 1.82) is 5.41 Å². The summed E-state index contributed by atoms with van der Waals surface area (Å²) >= 11 is 0. The topological polar surface area (TPSA) is 98.0 Å². The molecule has 0 aliphatic rings. The highest BCUT2D eigenvalue weighted by atomic mass is 16.5. The molecule has 0 aliphatic carbocycles. The van der Waals surface area contributed by atoms with Crippen LogP contribution in [0.3, 0.4) is 0 Å². The Morgan fingerprint density at radius 3 is 2.82 bits per heavy atom. The maximum absolute atomic E-state index is 7.35. The van der Waals surface area contributed by atoms with Gasteiger partial charge < -0.3 is 20.4 Å². The van der Waals surface area contributed by atoms with Crippen molar-refractivity contribution in [1.82, 2.24) is 10.1 Å². The summed E-state index contributed by atoms with van der Waals surface area (Å²) in [4.78, 5) is 4.39. The number of anilines is 1. The summed E-state index contributed by atoms with van der Waals surface area (Å²) < 4.78 is 10.6. The zero-order chi connectivity index (χ0) is 15.5. The number of para-hydroxylation sites is 1. The lowest BCUT2D eigenvalue weighted by Crippen LogP contribution is -1.93.